The highest BCUT2D eigenvalue weighted by Crippen LogP contribution is 2.64. The number of hydrogen-bond acceptors (Lipinski definition) is 3. The predicted molar refractivity (Wildman–Crippen MR) is 112 cm³/mol. The molecule has 2 saturated carbocycles. The summed E-state index contributed by atoms with van der Waals surface area (Å²) in [5.74, 6) is -3.61. The maximum absolute atomic E-state index is 13.9. The summed E-state index contributed by atoms with van der Waals surface area (Å²) >= 11 is 0. The molecule has 168 valence electrons. The van der Waals surface area contributed by atoms with Crippen LogP contribution in [0.3, 0.4) is 0 Å². The van der Waals surface area contributed by atoms with Gasteiger partial charge in [0.05, 0.1) is 11.5 Å². The summed E-state index contributed by atoms with van der Waals surface area (Å²) < 4.78 is 46.7. The first-order chi connectivity index (χ1) is 15.3. The number of nitrogens with one attached hydrogen (secondary N) is 1. The number of alkyl halides is 3. The number of halogens is 3. The lowest BCUT2D eigenvalue weighted by atomic mass is 9.86. The molecule has 2 fully saturated rings. The molecule has 4 nitrogen and oxygen atoms in total. The predicted octanol–water partition coefficient (Wildman–Crippen LogP) is 4.77. The molecule has 0 spiro atoms. The highest BCUT2D eigenvalue weighted by Gasteiger charge is 2.62. The largest absolute Gasteiger partial charge is 0.486 e. The molecule has 0 saturated heterocycles. The maximum Gasteiger partial charge on any atom is 0.254 e. The van der Waals surface area contributed by atoms with Crippen LogP contribution in [0.15, 0.2) is 42.5 Å². The average Bonchev–Trinajstić information content (AvgIpc) is 3.13. The third-order valence-electron chi connectivity index (χ3n) is 7.20. The van der Waals surface area contributed by atoms with Crippen LogP contribution < -0.4 is 10.1 Å². The van der Waals surface area contributed by atoms with E-state index in [-0.39, 0.29) is 48.4 Å². The van der Waals surface area contributed by atoms with Crippen LogP contribution in [-0.4, -0.2) is 37.4 Å². The number of amides is 1. The smallest absolute Gasteiger partial charge is 0.254 e. The number of ketones is 1. The number of carbonyl (C=O) groups is 2. The van der Waals surface area contributed by atoms with Crippen LogP contribution in [0.2, 0.25) is 0 Å². The van der Waals surface area contributed by atoms with E-state index in [0.29, 0.717) is 16.9 Å². The molecular formula is C25H24F3NO3. The van der Waals surface area contributed by atoms with Crippen LogP contribution >= 0.6 is 0 Å². The van der Waals surface area contributed by atoms with Crippen LogP contribution in [0.5, 0.6) is 5.75 Å². The molecule has 7 heteroatoms. The lowest BCUT2D eigenvalue weighted by molar-refractivity contribution is -0.00848. The fourth-order valence-electron chi connectivity index (χ4n) is 5.61. The summed E-state index contributed by atoms with van der Waals surface area (Å²) in [6, 6.07) is 12.4. The number of rotatable bonds is 6. The van der Waals surface area contributed by atoms with Gasteiger partial charge in [0.2, 0.25) is 5.92 Å². The van der Waals surface area contributed by atoms with Gasteiger partial charge in [-0.15, -0.1) is 0 Å². The number of hydrogen-bond donors (Lipinski definition) is 1. The molecule has 1 heterocycles. The normalized spacial score (nSPS) is 29.1. The summed E-state index contributed by atoms with van der Waals surface area (Å²) in [6.07, 6.45) is -0.913. The Bertz CT molecular complexity index is 1060. The second-order valence-electron chi connectivity index (χ2n) is 9.10. The molecule has 5 atom stereocenters. The third kappa shape index (κ3) is 3.48. The van der Waals surface area contributed by atoms with Crippen molar-refractivity contribution >= 4 is 11.7 Å². The molecule has 2 aromatic carbocycles. The van der Waals surface area contributed by atoms with Crippen molar-refractivity contribution in [2.75, 3.05) is 13.7 Å². The highest BCUT2D eigenvalue weighted by molar-refractivity contribution is 6.03. The maximum atomic E-state index is 13.9. The van der Waals surface area contributed by atoms with E-state index in [1.807, 2.05) is 30.3 Å². The molecule has 1 N–H and O–H groups in total. The van der Waals surface area contributed by atoms with Gasteiger partial charge in [0.25, 0.3) is 5.91 Å². The van der Waals surface area contributed by atoms with Gasteiger partial charge in [0.1, 0.15) is 18.5 Å². The van der Waals surface area contributed by atoms with E-state index < -0.39 is 30.5 Å². The SMILES string of the molecule is CNC(=O)c1cc(C(=O)CC2[C@H]3CC(F)(F)C[C@@H]23)cc2c1O[C@H](CF)[C@H]2c1ccccc1. The summed E-state index contributed by atoms with van der Waals surface area (Å²) in [5, 5.41) is 2.55. The van der Waals surface area contributed by atoms with Crippen LogP contribution in [0.25, 0.3) is 0 Å². The standard InChI is InChI=1S/C25H24F3NO3/c1-29-24(31)17-8-14(20(30)9-15-18-10-25(27,28)11-19(15)18)7-16-22(13-5-3-2-4-6-13)21(12-26)32-23(16)17/h2-8,15,18-19,21-22H,9-12H2,1H3,(H,29,31)/t15?,18-,19+,21-,22+/m1/s1. The van der Waals surface area contributed by atoms with E-state index in [1.165, 1.54) is 13.1 Å². The molecule has 32 heavy (non-hydrogen) atoms. The molecule has 1 aliphatic heterocycles. The van der Waals surface area contributed by atoms with E-state index in [4.69, 9.17) is 4.74 Å². The number of ether oxygens (including phenoxy) is 1. The molecule has 0 aromatic heterocycles. The molecule has 2 aromatic rings. The lowest BCUT2D eigenvalue weighted by Crippen LogP contribution is -2.22. The van der Waals surface area contributed by atoms with Gasteiger partial charge in [-0.25, -0.2) is 13.2 Å². The van der Waals surface area contributed by atoms with Crippen LogP contribution in [0.1, 0.15) is 57.0 Å². The third-order valence-corrected chi connectivity index (χ3v) is 7.20. The molecular weight excluding hydrogens is 419 g/mol. The van der Waals surface area contributed by atoms with E-state index in [9.17, 15) is 22.8 Å². The quantitative estimate of drug-likeness (QED) is 0.655. The van der Waals surface area contributed by atoms with Gasteiger partial charge in [0, 0.05) is 37.4 Å². The van der Waals surface area contributed by atoms with Crippen molar-refractivity contribution in [2.24, 2.45) is 17.8 Å². The summed E-state index contributed by atoms with van der Waals surface area (Å²) in [5.41, 5.74) is 1.96. The first kappa shape index (κ1) is 21.0. The Labute approximate surface area is 184 Å². The molecule has 5 rings (SSSR count). The van der Waals surface area contributed by atoms with Crippen LogP contribution in [0, 0.1) is 17.8 Å². The molecule has 3 aliphatic rings. The fraction of sp³-hybridized carbons (Fsp3) is 0.440. The Morgan fingerprint density at radius 2 is 1.81 bits per heavy atom. The minimum atomic E-state index is -2.61. The van der Waals surface area contributed by atoms with Gasteiger partial charge >= 0.3 is 0 Å². The minimum Gasteiger partial charge on any atom is -0.486 e. The van der Waals surface area contributed by atoms with Crippen molar-refractivity contribution in [3.8, 4) is 5.75 Å². The number of benzene rings is 2. The monoisotopic (exact) mass is 443 g/mol. The van der Waals surface area contributed by atoms with Gasteiger partial charge in [-0.3, -0.25) is 9.59 Å². The molecule has 2 aliphatic carbocycles. The van der Waals surface area contributed by atoms with E-state index >= 15 is 0 Å². The Balaban J connectivity index is 1.49. The van der Waals surface area contributed by atoms with Gasteiger partial charge in [-0.2, -0.15) is 0 Å². The van der Waals surface area contributed by atoms with Crippen molar-refractivity contribution in [1.29, 1.82) is 0 Å². The van der Waals surface area contributed by atoms with Gasteiger partial charge in [-0.05, 0) is 35.4 Å². The molecule has 0 radical (unpaired) electrons. The Morgan fingerprint density at radius 3 is 2.44 bits per heavy atom. The van der Waals surface area contributed by atoms with E-state index in [0.717, 1.165) is 5.56 Å². The van der Waals surface area contributed by atoms with E-state index in [2.05, 4.69) is 5.32 Å². The summed E-state index contributed by atoms with van der Waals surface area (Å²) in [7, 11) is 1.48. The first-order valence-electron chi connectivity index (χ1n) is 10.9. The van der Waals surface area contributed by atoms with Crippen molar-refractivity contribution < 1.29 is 27.5 Å². The van der Waals surface area contributed by atoms with Gasteiger partial charge in [-0.1, -0.05) is 30.3 Å². The topological polar surface area (TPSA) is 55.4 Å². The number of Topliss-reactive ketones (excluding diaryl/α,β-unsaturated/α-hetero) is 1. The Hall–Kier alpha value is -2.83. The van der Waals surface area contributed by atoms with E-state index in [1.54, 1.807) is 6.07 Å². The molecule has 1 amide bonds. The zero-order valence-electron chi connectivity index (χ0n) is 17.6. The molecule has 1 unspecified atom stereocenters. The zero-order valence-corrected chi connectivity index (χ0v) is 17.6. The number of fused-ring (bicyclic) bond motifs is 2. The van der Waals surface area contributed by atoms with Crippen LogP contribution in [-0.2, 0) is 0 Å². The lowest BCUT2D eigenvalue weighted by Gasteiger charge is -2.16. The van der Waals surface area contributed by atoms with Crippen molar-refractivity contribution in [2.45, 2.75) is 37.2 Å². The molecule has 0 bridgehead atoms. The Morgan fingerprint density at radius 1 is 1.12 bits per heavy atom. The highest BCUT2D eigenvalue weighted by atomic mass is 19.3. The first-order valence-corrected chi connectivity index (χ1v) is 10.9. The second-order valence-corrected chi connectivity index (χ2v) is 9.10. The fourth-order valence-corrected chi connectivity index (χ4v) is 5.61. The summed E-state index contributed by atoms with van der Waals surface area (Å²) in [4.78, 5) is 25.7. The van der Waals surface area contributed by atoms with Crippen LogP contribution in [0.4, 0.5) is 13.2 Å². The average molecular weight is 443 g/mol. The summed E-state index contributed by atoms with van der Waals surface area (Å²) in [6.45, 7) is -0.746. The number of carbonyl (C=O) groups excluding carboxylic acids is 2. The van der Waals surface area contributed by atoms with Crippen molar-refractivity contribution in [1.82, 2.24) is 5.32 Å². The Kier molecular flexibility index (Phi) is 5.02. The van der Waals surface area contributed by atoms with Crippen molar-refractivity contribution in [3.05, 3.63) is 64.7 Å². The van der Waals surface area contributed by atoms with Crippen molar-refractivity contribution in [3.63, 3.8) is 0 Å². The van der Waals surface area contributed by atoms with Gasteiger partial charge < -0.3 is 10.1 Å². The zero-order chi connectivity index (χ0) is 22.6. The second kappa shape index (κ2) is 7.64. The van der Waals surface area contributed by atoms with Gasteiger partial charge in [0.15, 0.2) is 5.78 Å². The minimum absolute atomic E-state index is 0.0291.